The van der Waals surface area contributed by atoms with Crippen LogP contribution in [0.5, 0.6) is 0 Å². The van der Waals surface area contributed by atoms with E-state index in [4.69, 9.17) is 5.26 Å². The van der Waals surface area contributed by atoms with Crippen molar-refractivity contribution in [2.75, 3.05) is 11.9 Å². The highest BCUT2D eigenvalue weighted by atomic mass is 19.1. The van der Waals surface area contributed by atoms with Gasteiger partial charge in [-0.05, 0) is 18.6 Å². The van der Waals surface area contributed by atoms with Crippen LogP contribution in [0.1, 0.15) is 11.1 Å². The van der Waals surface area contributed by atoms with Crippen LogP contribution in [0.25, 0.3) is 0 Å². The maximum absolute atomic E-state index is 14.1. The monoisotopic (exact) mass is 204 g/mol. The Kier molecular flexibility index (Phi) is 1.80. The molecule has 0 saturated carbocycles. The number of alkyl halides is 1. The van der Waals surface area contributed by atoms with Crippen LogP contribution in [-0.2, 0) is 10.5 Å². The fourth-order valence-corrected chi connectivity index (χ4v) is 1.77. The number of nitriles is 1. The Morgan fingerprint density at radius 1 is 1.53 bits per heavy atom. The van der Waals surface area contributed by atoms with Gasteiger partial charge in [-0.3, -0.25) is 4.79 Å². The maximum atomic E-state index is 14.1. The first kappa shape index (κ1) is 9.66. The molecule has 0 saturated heterocycles. The molecule has 15 heavy (non-hydrogen) atoms. The average Bonchev–Trinajstić information content (AvgIpc) is 2.42. The van der Waals surface area contributed by atoms with Crippen molar-refractivity contribution in [1.29, 1.82) is 5.26 Å². The zero-order valence-electron chi connectivity index (χ0n) is 8.41. The Bertz CT molecular complexity index is 492. The molecule has 4 heteroatoms. The molecule has 1 aliphatic heterocycles. The summed E-state index contributed by atoms with van der Waals surface area (Å²) in [6, 6.07) is 6.33. The molecule has 76 valence electrons. The van der Waals surface area contributed by atoms with Crippen LogP contribution in [0.2, 0.25) is 0 Å². The molecule has 2 rings (SSSR count). The fourth-order valence-electron chi connectivity index (χ4n) is 1.77. The van der Waals surface area contributed by atoms with Crippen molar-refractivity contribution in [2.45, 2.75) is 12.6 Å². The van der Waals surface area contributed by atoms with Gasteiger partial charge in [0.05, 0.1) is 5.69 Å². The number of nitrogens with zero attached hydrogens (tertiary/aromatic N) is 2. The predicted octanol–water partition coefficient (Wildman–Crippen LogP) is 1.66. The van der Waals surface area contributed by atoms with Crippen molar-refractivity contribution < 1.29 is 9.18 Å². The number of rotatable bonds is 0. The van der Waals surface area contributed by atoms with Gasteiger partial charge in [0.2, 0.25) is 0 Å². The quantitative estimate of drug-likeness (QED) is 0.645. The Morgan fingerprint density at radius 3 is 2.80 bits per heavy atom. The molecule has 1 amide bonds. The van der Waals surface area contributed by atoms with Gasteiger partial charge in [-0.25, -0.2) is 4.39 Å². The van der Waals surface area contributed by atoms with Crippen molar-refractivity contribution >= 4 is 11.6 Å². The molecule has 0 aromatic heterocycles. The van der Waals surface area contributed by atoms with E-state index in [1.54, 1.807) is 12.1 Å². The number of hydrogen-bond donors (Lipinski definition) is 0. The highest BCUT2D eigenvalue weighted by Crippen LogP contribution is 2.42. The minimum Gasteiger partial charge on any atom is -0.311 e. The minimum absolute atomic E-state index is 0.142. The third-order valence-corrected chi connectivity index (χ3v) is 2.64. The smallest absolute Gasteiger partial charge is 0.300 e. The highest BCUT2D eigenvalue weighted by molar-refractivity contribution is 6.08. The van der Waals surface area contributed by atoms with E-state index >= 15 is 0 Å². The van der Waals surface area contributed by atoms with Gasteiger partial charge in [-0.1, -0.05) is 12.1 Å². The predicted molar refractivity (Wildman–Crippen MR) is 53.0 cm³/mol. The van der Waals surface area contributed by atoms with E-state index in [1.807, 2.05) is 6.92 Å². The molecule has 1 heterocycles. The van der Waals surface area contributed by atoms with Crippen molar-refractivity contribution in [1.82, 2.24) is 0 Å². The molecule has 1 aliphatic rings. The zero-order chi connectivity index (χ0) is 11.2. The lowest BCUT2D eigenvalue weighted by Gasteiger charge is -2.10. The number of aryl methyl sites for hydroxylation is 1. The number of carbonyl (C=O) groups excluding carboxylic acids is 1. The van der Waals surface area contributed by atoms with Gasteiger partial charge in [-0.15, -0.1) is 0 Å². The van der Waals surface area contributed by atoms with Gasteiger partial charge in [0.15, 0.2) is 0 Å². The molecule has 0 bridgehead atoms. The maximum Gasteiger partial charge on any atom is 0.300 e. The second-order valence-electron chi connectivity index (χ2n) is 3.66. The Balaban J connectivity index is 2.73. The lowest BCUT2D eigenvalue weighted by atomic mass is 9.98. The highest BCUT2D eigenvalue weighted by Gasteiger charge is 2.51. The summed E-state index contributed by atoms with van der Waals surface area (Å²) in [6.07, 6.45) is 0. The SMILES string of the molecule is Cc1ccc2c(c1)N(C)C(=O)C2(F)C#N. The molecule has 3 nitrogen and oxygen atoms in total. The number of benzene rings is 1. The summed E-state index contributed by atoms with van der Waals surface area (Å²) in [5, 5.41) is 8.76. The molecule has 0 spiro atoms. The first-order chi connectivity index (χ1) is 7.00. The summed E-state index contributed by atoms with van der Waals surface area (Å²) in [4.78, 5) is 12.7. The van der Waals surface area contributed by atoms with Gasteiger partial charge < -0.3 is 4.90 Å². The average molecular weight is 204 g/mol. The topological polar surface area (TPSA) is 44.1 Å². The number of carbonyl (C=O) groups is 1. The van der Waals surface area contributed by atoms with Gasteiger partial charge in [0.25, 0.3) is 5.91 Å². The lowest BCUT2D eigenvalue weighted by molar-refractivity contribution is -0.125. The normalized spacial score (nSPS) is 23.9. The van der Waals surface area contributed by atoms with Crippen LogP contribution in [0, 0.1) is 18.3 Å². The van der Waals surface area contributed by atoms with E-state index in [2.05, 4.69) is 0 Å². The summed E-state index contributed by atoms with van der Waals surface area (Å²) in [5.74, 6) is -0.814. The van der Waals surface area contributed by atoms with E-state index in [-0.39, 0.29) is 5.56 Å². The van der Waals surface area contributed by atoms with Crippen LogP contribution in [0.3, 0.4) is 0 Å². The number of amides is 1. The van der Waals surface area contributed by atoms with E-state index in [1.165, 1.54) is 24.1 Å². The number of anilines is 1. The van der Waals surface area contributed by atoms with Crippen LogP contribution in [0.15, 0.2) is 18.2 Å². The van der Waals surface area contributed by atoms with Gasteiger partial charge >= 0.3 is 5.67 Å². The zero-order valence-corrected chi connectivity index (χ0v) is 8.41. The summed E-state index contributed by atoms with van der Waals surface area (Å²) in [7, 11) is 1.47. The first-order valence-corrected chi connectivity index (χ1v) is 4.50. The Morgan fingerprint density at radius 2 is 2.20 bits per heavy atom. The number of halogens is 1. The summed E-state index contributed by atoms with van der Waals surface area (Å²) < 4.78 is 14.1. The van der Waals surface area contributed by atoms with E-state index in [0.717, 1.165) is 5.56 Å². The van der Waals surface area contributed by atoms with Crippen molar-refractivity contribution in [3.8, 4) is 6.07 Å². The molecule has 0 aliphatic carbocycles. The molecule has 0 N–H and O–H groups in total. The lowest BCUT2D eigenvalue weighted by Crippen LogP contribution is -2.33. The summed E-state index contributed by atoms with van der Waals surface area (Å²) in [6.45, 7) is 1.85. The Hall–Kier alpha value is -1.89. The molecule has 1 aromatic carbocycles. The van der Waals surface area contributed by atoms with Crippen LogP contribution >= 0.6 is 0 Å². The Labute approximate surface area is 86.7 Å². The van der Waals surface area contributed by atoms with Gasteiger partial charge in [0, 0.05) is 12.6 Å². The summed E-state index contributed by atoms with van der Waals surface area (Å²) >= 11 is 0. The third kappa shape index (κ3) is 1.06. The standard InChI is InChI=1S/C11H9FN2O/c1-7-3-4-8-9(5-7)14(2)10(15)11(8,12)6-13/h3-5H,1-2H3. The minimum atomic E-state index is -2.52. The van der Waals surface area contributed by atoms with Crippen molar-refractivity contribution in [2.24, 2.45) is 0 Å². The van der Waals surface area contributed by atoms with Crippen molar-refractivity contribution in [3.63, 3.8) is 0 Å². The number of hydrogen-bond acceptors (Lipinski definition) is 2. The van der Waals surface area contributed by atoms with Crippen LogP contribution < -0.4 is 4.90 Å². The molecule has 1 atom stereocenters. The summed E-state index contributed by atoms with van der Waals surface area (Å²) in [5.41, 5.74) is -0.972. The molecule has 0 radical (unpaired) electrons. The van der Waals surface area contributed by atoms with Crippen LogP contribution in [0.4, 0.5) is 10.1 Å². The second-order valence-corrected chi connectivity index (χ2v) is 3.66. The van der Waals surface area contributed by atoms with E-state index in [9.17, 15) is 9.18 Å². The van der Waals surface area contributed by atoms with Gasteiger partial charge in [0.1, 0.15) is 6.07 Å². The molecular weight excluding hydrogens is 195 g/mol. The van der Waals surface area contributed by atoms with E-state index < -0.39 is 11.6 Å². The molecule has 1 aromatic rings. The van der Waals surface area contributed by atoms with Crippen molar-refractivity contribution in [3.05, 3.63) is 29.3 Å². The molecule has 0 fully saturated rings. The second kappa shape index (κ2) is 2.80. The molecule has 1 unspecified atom stereocenters. The number of fused-ring (bicyclic) bond motifs is 1. The van der Waals surface area contributed by atoms with Gasteiger partial charge in [-0.2, -0.15) is 5.26 Å². The fraction of sp³-hybridized carbons (Fsp3) is 0.273. The number of likely N-dealkylation sites (N-methyl/N-ethyl adjacent to an activating group) is 1. The van der Waals surface area contributed by atoms with E-state index in [0.29, 0.717) is 5.69 Å². The first-order valence-electron chi connectivity index (χ1n) is 4.50. The largest absolute Gasteiger partial charge is 0.311 e. The molecular formula is C11H9FN2O. The van der Waals surface area contributed by atoms with Crippen LogP contribution in [-0.4, -0.2) is 13.0 Å². The third-order valence-electron chi connectivity index (χ3n) is 2.64.